The third kappa shape index (κ3) is 4.29. The molecule has 0 spiro atoms. The molecule has 1 unspecified atom stereocenters. The summed E-state index contributed by atoms with van der Waals surface area (Å²) in [6.45, 7) is 5.98. The van der Waals surface area contributed by atoms with Crippen molar-refractivity contribution in [2.75, 3.05) is 19.8 Å². The minimum absolute atomic E-state index is 0.122. The third-order valence-electron chi connectivity index (χ3n) is 2.30. The number of ether oxygens (including phenoxy) is 2. The predicted octanol–water partition coefficient (Wildman–Crippen LogP) is 0.290. The van der Waals surface area contributed by atoms with Crippen molar-refractivity contribution in [2.24, 2.45) is 0 Å². The van der Waals surface area contributed by atoms with E-state index < -0.39 is 22.0 Å². The molecule has 0 aliphatic heterocycles. The number of esters is 1. The Labute approximate surface area is 117 Å². The zero-order valence-corrected chi connectivity index (χ0v) is 12.5. The van der Waals surface area contributed by atoms with Crippen LogP contribution in [0.5, 0.6) is 0 Å². The average molecular weight is 305 g/mol. The van der Waals surface area contributed by atoms with Gasteiger partial charge in [-0.25, -0.2) is 17.9 Å². The minimum Gasteiger partial charge on any atom is -0.462 e. The molecule has 0 bridgehead atoms. The molecular weight excluding hydrogens is 286 g/mol. The van der Waals surface area contributed by atoms with Gasteiger partial charge in [0.05, 0.1) is 19.4 Å². The normalized spacial score (nSPS) is 13.2. The predicted molar refractivity (Wildman–Crippen MR) is 70.8 cm³/mol. The number of carbonyl (C=O) groups excluding carboxylic acids is 1. The van der Waals surface area contributed by atoms with Gasteiger partial charge in [-0.2, -0.15) is 5.10 Å². The highest BCUT2D eigenvalue weighted by Gasteiger charge is 2.27. The first kappa shape index (κ1) is 16.6. The van der Waals surface area contributed by atoms with Crippen molar-refractivity contribution in [3.8, 4) is 0 Å². The van der Waals surface area contributed by atoms with Crippen molar-refractivity contribution in [1.82, 2.24) is 14.9 Å². The van der Waals surface area contributed by atoms with Gasteiger partial charge in [0.2, 0.25) is 0 Å². The fourth-order valence-corrected chi connectivity index (χ4v) is 2.80. The molecule has 1 rings (SSSR count). The van der Waals surface area contributed by atoms with Crippen LogP contribution in [0.2, 0.25) is 0 Å². The quantitative estimate of drug-likeness (QED) is 0.668. The van der Waals surface area contributed by atoms with E-state index >= 15 is 0 Å². The second-order valence-corrected chi connectivity index (χ2v) is 5.67. The van der Waals surface area contributed by atoms with E-state index in [9.17, 15) is 13.2 Å². The van der Waals surface area contributed by atoms with E-state index in [1.807, 2.05) is 6.92 Å². The number of nitrogens with zero attached hydrogens (tertiary/aromatic N) is 1. The number of carbonyl (C=O) groups is 1. The summed E-state index contributed by atoms with van der Waals surface area (Å²) in [5, 5.41) is 5.58. The Bertz CT molecular complexity index is 540. The van der Waals surface area contributed by atoms with Crippen molar-refractivity contribution in [3.63, 3.8) is 0 Å². The number of H-pyrrole nitrogens is 1. The highest BCUT2D eigenvalue weighted by Crippen LogP contribution is 2.13. The molecule has 0 aromatic carbocycles. The van der Waals surface area contributed by atoms with E-state index in [2.05, 4.69) is 14.9 Å². The van der Waals surface area contributed by atoms with Crippen LogP contribution in [0, 0.1) is 0 Å². The molecule has 20 heavy (non-hydrogen) atoms. The monoisotopic (exact) mass is 305 g/mol. The topological polar surface area (TPSA) is 110 Å². The highest BCUT2D eigenvalue weighted by molar-refractivity contribution is 7.89. The van der Waals surface area contributed by atoms with Crippen molar-refractivity contribution >= 4 is 16.0 Å². The van der Waals surface area contributed by atoms with Gasteiger partial charge in [-0.05, 0) is 20.8 Å². The van der Waals surface area contributed by atoms with Crippen molar-refractivity contribution in [1.29, 1.82) is 0 Å². The summed E-state index contributed by atoms with van der Waals surface area (Å²) in [6, 6.07) is -0.432. The summed E-state index contributed by atoms with van der Waals surface area (Å²) in [7, 11) is -3.89. The first-order chi connectivity index (χ1) is 9.42. The largest absolute Gasteiger partial charge is 0.462 e. The first-order valence-corrected chi connectivity index (χ1v) is 7.71. The standard InChI is InChI=1S/C11H19N3O5S/c1-4-18-7-8(3)14-20(16,17)10-9(6-12-13-10)11(15)19-5-2/h6,8,14H,4-5,7H2,1-3H3,(H,12,13). The summed E-state index contributed by atoms with van der Waals surface area (Å²) in [6.07, 6.45) is 1.12. The van der Waals surface area contributed by atoms with Crippen molar-refractivity contribution in [2.45, 2.75) is 31.8 Å². The van der Waals surface area contributed by atoms with Gasteiger partial charge in [0.1, 0.15) is 5.56 Å². The number of nitrogens with one attached hydrogen (secondary N) is 2. The molecule has 1 atom stereocenters. The molecule has 114 valence electrons. The van der Waals surface area contributed by atoms with Crippen LogP contribution in [-0.4, -0.2) is 50.4 Å². The van der Waals surface area contributed by atoms with Gasteiger partial charge < -0.3 is 9.47 Å². The molecule has 0 radical (unpaired) electrons. The molecule has 0 fully saturated rings. The Balaban J connectivity index is 2.88. The number of hydrogen-bond donors (Lipinski definition) is 2. The zero-order chi connectivity index (χ0) is 15.2. The van der Waals surface area contributed by atoms with Crippen LogP contribution in [-0.2, 0) is 19.5 Å². The van der Waals surface area contributed by atoms with Crippen LogP contribution in [0.1, 0.15) is 31.1 Å². The maximum Gasteiger partial charge on any atom is 0.342 e. The summed E-state index contributed by atoms with van der Waals surface area (Å²) in [5.74, 6) is -0.737. The minimum atomic E-state index is -3.89. The molecule has 1 aromatic rings. The van der Waals surface area contributed by atoms with E-state index in [1.165, 1.54) is 0 Å². The summed E-state index contributed by atoms with van der Waals surface area (Å²) in [5.41, 5.74) is -0.122. The maximum atomic E-state index is 12.2. The number of rotatable bonds is 8. The van der Waals surface area contributed by atoms with E-state index in [1.54, 1.807) is 13.8 Å². The molecule has 0 aliphatic carbocycles. The Morgan fingerprint density at radius 2 is 2.15 bits per heavy atom. The van der Waals surface area contributed by atoms with Gasteiger partial charge in [-0.3, -0.25) is 5.10 Å². The lowest BCUT2D eigenvalue weighted by molar-refractivity contribution is 0.0522. The van der Waals surface area contributed by atoms with Crippen LogP contribution in [0.3, 0.4) is 0 Å². The molecule has 0 amide bonds. The van der Waals surface area contributed by atoms with Crippen molar-refractivity contribution in [3.05, 3.63) is 11.8 Å². The molecule has 0 saturated heterocycles. The van der Waals surface area contributed by atoms with Gasteiger partial charge in [0.25, 0.3) is 10.0 Å². The van der Waals surface area contributed by atoms with Crippen LogP contribution in [0.25, 0.3) is 0 Å². The van der Waals surface area contributed by atoms with Gasteiger partial charge in [0.15, 0.2) is 5.03 Å². The Morgan fingerprint density at radius 3 is 2.75 bits per heavy atom. The molecule has 0 aliphatic rings. The van der Waals surface area contributed by atoms with E-state index in [0.717, 1.165) is 6.20 Å². The fraction of sp³-hybridized carbons (Fsp3) is 0.636. The van der Waals surface area contributed by atoms with Crippen LogP contribution >= 0.6 is 0 Å². The summed E-state index contributed by atoms with van der Waals surface area (Å²) < 4.78 is 36.6. The Kier molecular flexibility index (Phi) is 6.11. The molecule has 1 heterocycles. The summed E-state index contributed by atoms with van der Waals surface area (Å²) >= 11 is 0. The number of aromatic nitrogens is 2. The maximum absolute atomic E-state index is 12.2. The number of hydrogen-bond acceptors (Lipinski definition) is 6. The van der Waals surface area contributed by atoms with E-state index in [0.29, 0.717) is 6.61 Å². The zero-order valence-electron chi connectivity index (χ0n) is 11.7. The molecular formula is C11H19N3O5S. The summed E-state index contributed by atoms with van der Waals surface area (Å²) in [4.78, 5) is 11.6. The lowest BCUT2D eigenvalue weighted by Crippen LogP contribution is -2.36. The number of aromatic amines is 1. The third-order valence-corrected chi connectivity index (χ3v) is 3.86. The Morgan fingerprint density at radius 1 is 1.45 bits per heavy atom. The average Bonchev–Trinajstić information content (AvgIpc) is 2.86. The lowest BCUT2D eigenvalue weighted by Gasteiger charge is -2.13. The molecule has 0 saturated carbocycles. The van der Waals surface area contributed by atoms with E-state index in [-0.39, 0.29) is 23.8 Å². The number of sulfonamides is 1. The van der Waals surface area contributed by atoms with Gasteiger partial charge >= 0.3 is 5.97 Å². The van der Waals surface area contributed by atoms with Gasteiger partial charge in [-0.15, -0.1) is 0 Å². The van der Waals surface area contributed by atoms with E-state index in [4.69, 9.17) is 9.47 Å². The smallest absolute Gasteiger partial charge is 0.342 e. The SMILES string of the molecule is CCOCC(C)NS(=O)(=O)c1[nH]ncc1C(=O)OCC. The lowest BCUT2D eigenvalue weighted by atomic mass is 10.4. The second kappa shape index (κ2) is 7.36. The molecule has 9 heteroatoms. The molecule has 8 nitrogen and oxygen atoms in total. The van der Waals surface area contributed by atoms with Crippen LogP contribution < -0.4 is 4.72 Å². The van der Waals surface area contributed by atoms with Crippen LogP contribution in [0.4, 0.5) is 0 Å². The van der Waals surface area contributed by atoms with Crippen LogP contribution in [0.15, 0.2) is 11.2 Å². The molecule has 1 aromatic heterocycles. The Hall–Kier alpha value is -1.45. The van der Waals surface area contributed by atoms with Crippen molar-refractivity contribution < 1.29 is 22.7 Å². The second-order valence-electron chi connectivity index (χ2n) is 4.02. The first-order valence-electron chi connectivity index (χ1n) is 6.22. The highest BCUT2D eigenvalue weighted by atomic mass is 32.2. The van der Waals surface area contributed by atoms with Gasteiger partial charge in [0, 0.05) is 12.6 Å². The fourth-order valence-electron chi connectivity index (χ4n) is 1.49. The van der Waals surface area contributed by atoms with Gasteiger partial charge in [-0.1, -0.05) is 0 Å². The molecule has 2 N–H and O–H groups in total.